The highest BCUT2D eigenvalue weighted by atomic mass is 32.2. The monoisotopic (exact) mass is 380 g/mol. The molecule has 1 saturated heterocycles. The molecule has 1 fully saturated rings. The molecule has 1 N–H and O–H groups in total. The van der Waals surface area contributed by atoms with Crippen LogP contribution in [0.25, 0.3) is 0 Å². The highest BCUT2D eigenvalue weighted by molar-refractivity contribution is 8.04. The van der Waals surface area contributed by atoms with Crippen molar-refractivity contribution in [1.82, 2.24) is 4.90 Å². The number of benzene rings is 1. The van der Waals surface area contributed by atoms with Crippen molar-refractivity contribution in [3.05, 3.63) is 50.5 Å². The SMILES string of the molecule is CC1=C(C(=O)O)N2C(=O)C[C@@]2(OC(=O)OCc2ccc([N+](=O)[O-])cc2)S1. The first kappa shape index (κ1) is 17.7. The van der Waals surface area contributed by atoms with E-state index in [2.05, 4.69) is 0 Å². The molecule has 26 heavy (non-hydrogen) atoms. The maximum Gasteiger partial charge on any atom is 0.511 e. The molecule has 0 unspecified atom stereocenters. The molecule has 0 bridgehead atoms. The number of amides is 1. The number of aliphatic carboxylic acids is 1. The van der Waals surface area contributed by atoms with Crippen LogP contribution >= 0.6 is 11.8 Å². The van der Waals surface area contributed by atoms with E-state index in [1.54, 1.807) is 0 Å². The lowest BCUT2D eigenvalue weighted by atomic mass is 10.1. The van der Waals surface area contributed by atoms with Gasteiger partial charge in [-0.05, 0) is 24.6 Å². The minimum Gasteiger partial charge on any atom is -0.477 e. The van der Waals surface area contributed by atoms with Crippen LogP contribution in [0.2, 0.25) is 0 Å². The van der Waals surface area contributed by atoms with Gasteiger partial charge < -0.3 is 14.6 Å². The summed E-state index contributed by atoms with van der Waals surface area (Å²) in [5.41, 5.74) is 0.199. The van der Waals surface area contributed by atoms with Crippen molar-refractivity contribution < 1.29 is 33.9 Å². The molecule has 3 rings (SSSR count). The van der Waals surface area contributed by atoms with Gasteiger partial charge in [-0.1, -0.05) is 11.8 Å². The lowest BCUT2D eigenvalue weighted by Gasteiger charge is -2.44. The number of β-lactam (4-membered cyclic amide) rings is 1. The summed E-state index contributed by atoms with van der Waals surface area (Å²) >= 11 is 0.964. The van der Waals surface area contributed by atoms with Crippen molar-refractivity contribution in [3.63, 3.8) is 0 Å². The van der Waals surface area contributed by atoms with E-state index < -0.39 is 28.0 Å². The molecule has 2 aliphatic rings. The van der Waals surface area contributed by atoms with E-state index >= 15 is 0 Å². The Kier molecular flexibility index (Phi) is 4.32. The van der Waals surface area contributed by atoms with Crippen LogP contribution in [0.3, 0.4) is 0 Å². The number of carboxylic acid groups (broad SMARTS) is 1. The Labute approximate surface area is 150 Å². The molecule has 0 aliphatic carbocycles. The molecule has 2 heterocycles. The molecule has 0 aromatic heterocycles. The normalized spacial score (nSPS) is 21.1. The van der Waals surface area contributed by atoms with Crippen molar-refractivity contribution in [1.29, 1.82) is 0 Å². The molecule has 1 aromatic rings. The summed E-state index contributed by atoms with van der Waals surface area (Å²) in [6.07, 6.45) is -1.23. The molecule has 0 spiro atoms. The number of fused-ring (bicyclic) bond motifs is 1. The molecule has 1 amide bonds. The second-order valence-electron chi connectivity index (χ2n) is 5.49. The Morgan fingerprint density at radius 3 is 2.58 bits per heavy atom. The van der Waals surface area contributed by atoms with Gasteiger partial charge in [0.1, 0.15) is 12.3 Å². The zero-order chi connectivity index (χ0) is 19.1. The third-order valence-electron chi connectivity index (χ3n) is 3.78. The fourth-order valence-electron chi connectivity index (χ4n) is 2.63. The van der Waals surface area contributed by atoms with Crippen LogP contribution in [-0.4, -0.2) is 38.0 Å². The van der Waals surface area contributed by atoms with Gasteiger partial charge in [-0.2, -0.15) is 0 Å². The summed E-state index contributed by atoms with van der Waals surface area (Å²) in [5.74, 6) is -1.75. The summed E-state index contributed by atoms with van der Waals surface area (Å²) < 4.78 is 10.2. The number of allylic oxidation sites excluding steroid dienone is 1. The summed E-state index contributed by atoms with van der Waals surface area (Å²) in [6, 6.07) is 5.41. The van der Waals surface area contributed by atoms with Crippen molar-refractivity contribution in [2.45, 2.75) is 25.0 Å². The Hall–Kier alpha value is -3.08. The van der Waals surface area contributed by atoms with Gasteiger partial charge >= 0.3 is 12.1 Å². The second kappa shape index (κ2) is 6.33. The number of ether oxygens (including phenoxy) is 2. The molecule has 0 saturated carbocycles. The Balaban J connectivity index is 1.61. The fraction of sp³-hybridized carbons (Fsp3) is 0.267. The Bertz CT molecular complexity index is 850. The van der Waals surface area contributed by atoms with E-state index in [1.807, 2.05) is 0 Å². The van der Waals surface area contributed by atoms with Crippen LogP contribution in [0.5, 0.6) is 0 Å². The molecule has 1 aromatic carbocycles. The number of nitro benzene ring substituents is 1. The third kappa shape index (κ3) is 2.96. The molecular formula is C15H12N2O8S. The maximum atomic E-state index is 12.0. The van der Waals surface area contributed by atoms with Crippen LogP contribution in [0.15, 0.2) is 34.9 Å². The van der Waals surface area contributed by atoms with E-state index in [0.717, 1.165) is 16.7 Å². The highest BCUT2D eigenvalue weighted by Crippen LogP contribution is 2.55. The first-order chi connectivity index (χ1) is 12.2. The van der Waals surface area contributed by atoms with Gasteiger partial charge in [0.25, 0.3) is 10.7 Å². The van der Waals surface area contributed by atoms with Gasteiger partial charge in [0.05, 0.1) is 11.3 Å². The summed E-state index contributed by atoms with van der Waals surface area (Å²) in [5, 5.41) is 18.4. The molecule has 10 nitrogen and oxygen atoms in total. The summed E-state index contributed by atoms with van der Waals surface area (Å²) in [6.45, 7) is 1.33. The number of carbonyl (C=O) groups is 3. The predicted molar refractivity (Wildman–Crippen MR) is 86.5 cm³/mol. The zero-order valence-electron chi connectivity index (χ0n) is 13.3. The maximum absolute atomic E-state index is 12.0. The topological polar surface area (TPSA) is 136 Å². The predicted octanol–water partition coefficient (Wildman–Crippen LogP) is 2.20. The number of non-ortho nitro benzene ring substituents is 1. The van der Waals surface area contributed by atoms with Crippen LogP contribution in [0, 0.1) is 10.1 Å². The summed E-state index contributed by atoms with van der Waals surface area (Å²) in [4.78, 5) is 46.3. The van der Waals surface area contributed by atoms with Crippen LogP contribution < -0.4 is 0 Å². The lowest BCUT2D eigenvalue weighted by Crippen LogP contribution is -2.61. The van der Waals surface area contributed by atoms with Crippen molar-refractivity contribution in [3.8, 4) is 0 Å². The van der Waals surface area contributed by atoms with Gasteiger partial charge in [-0.3, -0.25) is 19.8 Å². The number of nitro groups is 1. The first-order valence-corrected chi connectivity index (χ1v) is 8.10. The van der Waals surface area contributed by atoms with E-state index in [-0.39, 0.29) is 24.4 Å². The van der Waals surface area contributed by atoms with E-state index in [1.165, 1.54) is 31.2 Å². The number of hydrogen-bond donors (Lipinski definition) is 1. The van der Waals surface area contributed by atoms with E-state index in [0.29, 0.717) is 10.5 Å². The standard InChI is InChI=1S/C15H12N2O8S/c1-8-12(13(19)20)16-11(18)6-15(16,26-8)25-14(21)24-7-9-2-4-10(5-3-9)17(22)23/h2-5H,6-7H2,1H3,(H,19,20)/t15-/m1/s1. The number of rotatable bonds is 5. The number of hydrogen-bond acceptors (Lipinski definition) is 8. The highest BCUT2D eigenvalue weighted by Gasteiger charge is 2.63. The number of thioether (sulfide) groups is 1. The van der Waals surface area contributed by atoms with Crippen LogP contribution in [0.1, 0.15) is 18.9 Å². The quantitative estimate of drug-likeness (QED) is 0.353. The van der Waals surface area contributed by atoms with Gasteiger partial charge in [0.15, 0.2) is 0 Å². The van der Waals surface area contributed by atoms with Gasteiger partial charge in [-0.15, -0.1) is 0 Å². The summed E-state index contributed by atoms with van der Waals surface area (Å²) in [7, 11) is 0. The minimum absolute atomic E-state index is 0.0936. The Morgan fingerprint density at radius 2 is 2.04 bits per heavy atom. The van der Waals surface area contributed by atoms with E-state index in [4.69, 9.17) is 9.47 Å². The first-order valence-electron chi connectivity index (χ1n) is 7.29. The van der Waals surface area contributed by atoms with Crippen LogP contribution in [-0.2, 0) is 25.7 Å². The molecule has 1 atom stereocenters. The third-order valence-corrected chi connectivity index (χ3v) is 5.01. The van der Waals surface area contributed by atoms with Gasteiger partial charge in [0.2, 0.25) is 5.91 Å². The Morgan fingerprint density at radius 1 is 1.38 bits per heavy atom. The van der Waals surface area contributed by atoms with Crippen molar-refractivity contribution in [2.75, 3.05) is 0 Å². The molecule has 2 aliphatic heterocycles. The molecule has 136 valence electrons. The average Bonchev–Trinajstić information content (AvgIpc) is 2.80. The van der Waals surface area contributed by atoms with Crippen LogP contribution in [0.4, 0.5) is 10.5 Å². The number of nitrogens with zero attached hydrogens (tertiary/aromatic N) is 2. The van der Waals surface area contributed by atoms with Gasteiger partial charge in [0, 0.05) is 17.0 Å². The number of carboxylic acids is 1. The van der Waals surface area contributed by atoms with E-state index in [9.17, 15) is 29.6 Å². The minimum atomic E-state index is -1.43. The van der Waals surface area contributed by atoms with Crippen molar-refractivity contribution >= 4 is 35.5 Å². The lowest BCUT2D eigenvalue weighted by molar-refractivity contribution is -0.384. The van der Waals surface area contributed by atoms with Crippen molar-refractivity contribution in [2.24, 2.45) is 0 Å². The largest absolute Gasteiger partial charge is 0.511 e. The average molecular weight is 380 g/mol. The smallest absolute Gasteiger partial charge is 0.477 e. The molecular weight excluding hydrogens is 368 g/mol. The zero-order valence-corrected chi connectivity index (χ0v) is 14.1. The fourth-order valence-corrected chi connectivity index (χ4v) is 3.98. The second-order valence-corrected chi connectivity index (χ2v) is 6.95. The van der Waals surface area contributed by atoms with Gasteiger partial charge in [-0.25, -0.2) is 9.59 Å². The molecule has 0 radical (unpaired) electrons. The molecule has 11 heteroatoms. The number of carbonyl (C=O) groups excluding carboxylic acids is 2.